The first-order chi connectivity index (χ1) is 15.0. The minimum atomic E-state index is -1.12. The fourth-order valence-corrected chi connectivity index (χ4v) is 3.91. The number of rotatable bonds is 12. The lowest BCUT2D eigenvalue weighted by atomic mass is 10.0. The third kappa shape index (κ3) is 11.0. The van der Waals surface area contributed by atoms with Crippen molar-refractivity contribution in [3.8, 4) is 11.8 Å². The molecule has 1 aliphatic heterocycles. The molecule has 0 spiro atoms. The zero-order valence-electron chi connectivity index (χ0n) is 21.3. The highest BCUT2D eigenvalue weighted by molar-refractivity contribution is 5.70. The highest BCUT2D eigenvalue weighted by Gasteiger charge is 2.48. The molecule has 0 aromatic heterocycles. The number of hydrogen-bond donors (Lipinski definition) is 2. The lowest BCUT2D eigenvalue weighted by molar-refractivity contribution is -0.0658. The SMILES string of the molecule is CCCCCCCCCCCC[C@H](O)C#C[C@@H](O)[C@@H]1COC(C)(C)N1C(=O)OC(C)(C)C. The summed E-state index contributed by atoms with van der Waals surface area (Å²) in [4.78, 5) is 14.1. The average Bonchev–Trinajstić information content (AvgIpc) is 3.01. The molecule has 6 nitrogen and oxygen atoms in total. The molecule has 186 valence electrons. The van der Waals surface area contributed by atoms with Gasteiger partial charge in [0, 0.05) is 0 Å². The molecule has 0 aromatic carbocycles. The van der Waals surface area contributed by atoms with E-state index in [0.717, 1.165) is 12.8 Å². The van der Waals surface area contributed by atoms with Crippen LogP contribution >= 0.6 is 0 Å². The van der Waals surface area contributed by atoms with Crippen molar-refractivity contribution >= 4 is 6.09 Å². The summed E-state index contributed by atoms with van der Waals surface area (Å²) in [6.07, 6.45) is 10.6. The first-order valence-electron chi connectivity index (χ1n) is 12.5. The van der Waals surface area contributed by atoms with Gasteiger partial charge in [-0.3, -0.25) is 4.90 Å². The lowest BCUT2D eigenvalue weighted by Gasteiger charge is -2.35. The standard InChI is InChI=1S/C26H47NO5/c1-7-8-9-10-11-12-13-14-15-16-17-21(28)18-19-23(29)22-20-31-26(5,6)27(22)24(30)32-25(2,3)4/h21-23,28-29H,7-17,20H2,1-6H3/t21-,22-,23+/m0/s1. The molecule has 1 amide bonds. The second-order valence-corrected chi connectivity index (χ2v) is 10.4. The van der Waals surface area contributed by atoms with Gasteiger partial charge in [-0.05, 0) is 47.5 Å². The van der Waals surface area contributed by atoms with Crippen LogP contribution in [0.3, 0.4) is 0 Å². The van der Waals surface area contributed by atoms with E-state index in [0.29, 0.717) is 6.42 Å². The third-order valence-electron chi connectivity index (χ3n) is 5.70. The van der Waals surface area contributed by atoms with Gasteiger partial charge < -0.3 is 19.7 Å². The van der Waals surface area contributed by atoms with E-state index in [1.54, 1.807) is 34.6 Å². The Morgan fingerprint density at radius 3 is 2.09 bits per heavy atom. The van der Waals surface area contributed by atoms with Gasteiger partial charge in [0.1, 0.15) is 23.5 Å². The van der Waals surface area contributed by atoms with Gasteiger partial charge in [-0.1, -0.05) is 76.6 Å². The highest BCUT2D eigenvalue weighted by Crippen LogP contribution is 2.30. The van der Waals surface area contributed by atoms with E-state index in [1.165, 1.54) is 56.3 Å². The molecule has 2 N–H and O–H groups in total. The molecule has 6 heteroatoms. The van der Waals surface area contributed by atoms with Crippen molar-refractivity contribution in [3.05, 3.63) is 0 Å². The minimum absolute atomic E-state index is 0.163. The van der Waals surface area contributed by atoms with E-state index in [1.807, 2.05) is 0 Å². The maximum absolute atomic E-state index is 12.7. The summed E-state index contributed by atoms with van der Waals surface area (Å²) in [6, 6.07) is -0.642. The Balaban J connectivity index is 2.39. The number of nitrogens with zero attached hydrogens (tertiary/aromatic N) is 1. The molecular formula is C26H47NO5. The van der Waals surface area contributed by atoms with Gasteiger partial charge in [0.05, 0.1) is 12.6 Å². The molecule has 32 heavy (non-hydrogen) atoms. The zero-order chi connectivity index (χ0) is 24.2. The summed E-state index contributed by atoms with van der Waals surface area (Å²) in [7, 11) is 0. The van der Waals surface area contributed by atoms with Crippen molar-refractivity contribution in [3.63, 3.8) is 0 Å². The molecule has 0 unspecified atom stereocenters. The van der Waals surface area contributed by atoms with Crippen molar-refractivity contribution in [2.24, 2.45) is 0 Å². The highest BCUT2D eigenvalue weighted by atomic mass is 16.6. The van der Waals surface area contributed by atoms with Crippen LogP contribution in [-0.4, -0.2) is 57.4 Å². The van der Waals surface area contributed by atoms with Crippen molar-refractivity contribution in [1.82, 2.24) is 4.90 Å². The second-order valence-electron chi connectivity index (χ2n) is 10.4. The van der Waals surface area contributed by atoms with Gasteiger partial charge in [0.2, 0.25) is 0 Å². The van der Waals surface area contributed by atoms with Crippen molar-refractivity contribution < 1.29 is 24.5 Å². The Kier molecular flexibility index (Phi) is 12.6. The Morgan fingerprint density at radius 1 is 1.03 bits per heavy atom. The normalized spacial score (nSPS) is 19.9. The average molecular weight is 454 g/mol. The Hall–Kier alpha value is -1.29. The summed E-state index contributed by atoms with van der Waals surface area (Å²) in [5, 5.41) is 20.8. The summed E-state index contributed by atoms with van der Waals surface area (Å²) in [5.74, 6) is 5.47. The molecule has 0 aliphatic carbocycles. The molecular weight excluding hydrogens is 406 g/mol. The molecule has 3 atom stereocenters. The van der Waals surface area contributed by atoms with Crippen molar-refractivity contribution in [2.75, 3.05) is 6.61 Å². The predicted octanol–water partition coefficient (Wildman–Crippen LogP) is 5.39. The van der Waals surface area contributed by atoms with Crippen LogP contribution in [0.2, 0.25) is 0 Å². The van der Waals surface area contributed by atoms with Crippen LogP contribution in [0.4, 0.5) is 4.79 Å². The predicted molar refractivity (Wildman–Crippen MR) is 128 cm³/mol. The molecule has 1 fully saturated rings. The number of carbonyl (C=O) groups is 1. The van der Waals surface area contributed by atoms with E-state index < -0.39 is 35.7 Å². The maximum atomic E-state index is 12.7. The summed E-state index contributed by atoms with van der Waals surface area (Å²) >= 11 is 0. The van der Waals surface area contributed by atoms with Crippen LogP contribution in [0.15, 0.2) is 0 Å². The number of amides is 1. The van der Waals surface area contributed by atoms with Gasteiger partial charge >= 0.3 is 6.09 Å². The first kappa shape index (κ1) is 28.7. The molecule has 0 bridgehead atoms. The molecule has 0 saturated carbocycles. The maximum Gasteiger partial charge on any atom is 0.413 e. The number of unbranched alkanes of at least 4 members (excludes halogenated alkanes) is 9. The molecule has 1 aliphatic rings. The Labute approximate surface area is 196 Å². The quantitative estimate of drug-likeness (QED) is 0.306. The zero-order valence-corrected chi connectivity index (χ0v) is 21.3. The van der Waals surface area contributed by atoms with E-state index >= 15 is 0 Å². The number of ether oxygens (including phenoxy) is 2. The third-order valence-corrected chi connectivity index (χ3v) is 5.70. The Morgan fingerprint density at radius 2 is 1.56 bits per heavy atom. The van der Waals surface area contributed by atoms with Crippen LogP contribution in [0.25, 0.3) is 0 Å². The first-order valence-corrected chi connectivity index (χ1v) is 12.5. The number of aliphatic hydroxyl groups is 2. The fraction of sp³-hybridized carbons (Fsp3) is 0.885. The largest absolute Gasteiger partial charge is 0.444 e. The van der Waals surface area contributed by atoms with E-state index in [-0.39, 0.29) is 6.61 Å². The molecule has 1 rings (SSSR count). The van der Waals surface area contributed by atoms with Gasteiger partial charge in [0.15, 0.2) is 0 Å². The smallest absolute Gasteiger partial charge is 0.413 e. The molecule has 0 radical (unpaired) electrons. The van der Waals surface area contributed by atoms with Crippen LogP contribution in [0.5, 0.6) is 0 Å². The molecule has 0 aromatic rings. The van der Waals surface area contributed by atoms with Crippen molar-refractivity contribution in [2.45, 2.75) is 142 Å². The van der Waals surface area contributed by atoms with Gasteiger partial charge in [-0.15, -0.1) is 0 Å². The van der Waals surface area contributed by atoms with Crippen molar-refractivity contribution in [1.29, 1.82) is 0 Å². The number of aliphatic hydroxyl groups excluding tert-OH is 2. The summed E-state index contributed by atoms with van der Waals surface area (Å²) in [6.45, 7) is 11.3. The van der Waals surface area contributed by atoms with E-state index in [4.69, 9.17) is 9.47 Å². The second kappa shape index (κ2) is 14.1. The summed E-state index contributed by atoms with van der Waals surface area (Å²) < 4.78 is 11.2. The van der Waals surface area contributed by atoms with E-state index in [2.05, 4.69) is 18.8 Å². The van der Waals surface area contributed by atoms with Crippen LogP contribution in [0.1, 0.15) is 112 Å². The van der Waals surface area contributed by atoms with Crippen LogP contribution < -0.4 is 0 Å². The monoisotopic (exact) mass is 453 g/mol. The fourth-order valence-electron chi connectivity index (χ4n) is 3.91. The van der Waals surface area contributed by atoms with Crippen LogP contribution in [-0.2, 0) is 9.47 Å². The number of carbonyl (C=O) groups excluding carboxylic acids is 1. The van der Waals surface area contributed by atoms with E-state index in [9.17, 15) is 15.0 Å². The minimum Gasteiger partial charge on any atom is -0.444 e. The topological polar surface area (TPSA) is 79.2 Å². The van der Waals surface area contributed by atoms with Crippen LogP contribution in [0, 0.1) is 11.8 Å². The van der Waals surface area contributed by atoms with Gasteiger partial charge in [0.25, 0.3) is 0 Å². The molecule has 1 heterocycles. The number of hydrogen-bond acceptors (Lipinski definition) is 5. The lowest BCUT2D eigenvalue weighted by Crippen LogP contribution is -2.53. The summed E-state index contributed by atoms with van der Waals surface area (Å²) in [5.41, 5.74) is -1.55. The van der Waals surface area contributed by atoms with Gasteiger partial charge in [-0.2, -0.15) is 0 Å². The molecule has 1 saturated heterocycles. The van der Waals surface area contributed by atoms with Gasteiger partial charge in [-0.25, -0.2) is 4.79 Å². The Bertz CT molecular complexity index is 602.